The highest BCUT2D eigenvalue weighted by Gasteiger charge is 2.40. The van der Waals surface area contributed by atoms with Crippen LogP contribution in [0.1, 0.15) is 39.7 Å². The van der Waals surface area contributed by atoms with E-state index in [-0.39, 0.29) is 43.2 Å². The first-order valence-electron chi connectivity index (χ1n) is 12.8. The van der Waals surface area contributed by atoms with Crippen molar-refractivity contribution >= 4 is 11.8 Å². The Morgan fingerprint density at radius 1 is 1.25 bits per heavy atom. The van der Waals surface area contributed by atoms with Gasteiger partial charge >= 0.3 is 0 Å². The Balaban J connectivity index is 1.76. The number of aliphatic hydroxyl groups is 1. The highest BCUT2D eigenvalue weighted by molar-refractivity contribution is 5.89. The van der Waals surface area contributed by atoms with E-state index in [9.17, 15) is 14.7 Å². The van der Waals surface area contributed by atoms with Crippen molar-refractivity contribution in [1.29, 1.82) is 0 Å². The molecule has 1 fully saturated rings. The predicted molar refractivity (Wildman–Crippen MR) is 139 cm³/mol. The van der Waals surface area contributed by atoms with Gasteiger partial charge in [0, 0.05) is 55.8 Å². The maximum atomic E-state index is 13.1. The number of nitrogens with one attached hydrogen (secondary N) is 1. The molecule has 2 N–H and O–H groups in total. The number of hydrogen-bond acceptors (Lipinski definition) is 6. The Kier molecular flexibility index (Phi) is 9.50. The number of aliphatic hydroxyl groups excluding tert-OH is 1. The minimum Gasteiger partial charge on any atom is -0.492 e. The molecule has 1 aliphatic heterocycles. The third kappa shape index (κ3) is 6.64. The number of ether oxygens (including phenoxy) is 1. The SMILES string of the molecule is CCn1nccc1-c1ccc(CNC(=O)C2CC(O)CN2C(=O)C(C)C(C)C)c(OCCN(C)C)c1. The van der Waals surface area contributed by atoms with Crippen LogP contribution in [0, 0.1) is 11.8 Å². The maximum Gasteiger partial charge on any atom is 0.243 e. The lowest BCUT2D eigenvalue weighted by Gasteiger charge is -2.28. The molecular weight excluding hydrogens is 458 g/mol. The van der Waals surface area contributed by atoms with Gasteiger partial charge in [0.25, 0.3) is 0 Å². The summed E-state index contributed by atoms with van der Waals surface area (Å²) in [7, 11) is 3.98. The summed E-state index contributed by atoms with van der Waals surface area (Å²) in [6.07, 6.45) is 1.33. The summed E-state index contributed by atoms with van der Waals surface area (Å²) >= 11 is 0. The molecule has 198 valence electrons. The van der Waals surface area contributed by atoms with E-state index >= 15 is 0 Å². The molecule has 36 heavy (non-hydrogen) atoms. The van der Waals surface area contributed by atoms with Crippen molar-refractivity contribution in [3.05, 3.63) is 36.0 Å². The van der Waals surface area contributed by atoms with Crippen LogP contribution in [0.15, 0.2) is 30.5 Å². The molecule has 1 saturated heterocycles. The Morgan fingerprint density at radius 3 is 2.67 bits per heavy atom. The number of rotatable bonds is 11. The van der Waals surface area contributed by atoms with Crippen LogP contribution in [0.3, 0.4) is 0 Å². The van der Waals surface area contributed by atoms with Gasteiger partial charge in [-0.05, 0) is 39.1 Å². The molecule has 1 aromatic carbocycles. The van der Waals surface area contributed by atoms with Crippen molar-refractivity contribution in [2.45, 2.75) is 59.4 Å². The number of benzene rings is 1. The van der Waals surface area contributed by atoms with Crippen molar-refractivity contribution in [3.63, 3.8) is 0 Å². The number of hydrogen-bond donors (Lipinski definition) is 2. The van der Waals surface area contributed by atoms with Crippen LogP contribution in [0.25, 0.3) is 11.3 Å². The quantitative estimate of drug-likeness (QED) is 0.493. The van der Waals surface area contributed by atoms with Gasteiger partial charge in [0.2, 0.25) is 11.8 Å². The summed E-state index contributed by atoms with van der Waals surface area (Å²) in [5.74, 6) is 0.288. The molecular formula is C27H41N5O4. The van der Waals surface area contributed by atoms with Crippen LogP contribution < -0.4 is 10.1 Å². The monoisotopic (exact) mass is 499 g/mol. The summed E-state index contributed by atoms with van der Waals surface area (Å²) < 4.78 is 8.05. The minimum absolute atomic E-state index is 0.0914. The van der Waals surface area contributed by atoms with E-state index in [1.165, 1.54) is 4.90 Å². The first-order chi connectivity index (χ1) is 17.1. The highest BCUT2D eigenvalue weighted by atomic mass is 16.5. The van der Waals surface area contributed by atoms with E-state index in [0.717, 1.165) is 29.9 Å². The largest absolute Gasteiger partial charge is 0.492 e. The Hall–Kier alpha value is -2.91. The van der Waals surface area contributed by atoms with Crippen LogP contribution in [0.4, 0.5) is 0 Å². The van der Waals surface area contributed by atoms with Crippen LogP contribution in [0.2, 0.25) is 0 Å². The number of carbonyl (C=O) groups is 2. The van der Waals surface area contributed by atoms with Gasteiger partial charge in [-0.25, -0.2) is 0 Å². The number of β-amino-alcohol motifs (C(OH)–C–C–N with tert-alkyl or cyclic N) is 1. The lowest BCUT2D eigenvalue weighted by atomic mass is 9.96. The number of likely N-dealkylation sites (tertiary alicyclic amines) is 1. The van der Waals surface area contributed by atoms with E-state index in [0.29, 0.717) is 12.4 Å². The lowest BCUT2D eigenvalue weighted by Crippen LogP contribution is -2.48. The molecule has 2 heterocycles. The van der Waals surface area contributed by atoms with Gasteiger partial charge in [-0.15, -0.1) is 0 Å². The molecule has 0 saturated carbocycles. The van der Waals surface area contributed by atoms with E-state index in [1.54, 1.807) is 6.20 Å². The molecule has 0 bridgehead atoms. The van der Waals surface area contributed by atoms with Crippen molar-refractivity contribution in [1.82, 2.24) is 24.9 Å². The molecule has 1 aromatic heterocycles. The van der Waals surface area contributed by atoms with E-state index in [1.807, 2.05) is 75.6 Å². The topological polar surface area (TPSA) is 99.9 Å². The molecule has 9 heteroatoms. The summed E-state index contributed by atoms with van der Waals surface area (Å²) in [5, 5.41) is 17.6. The number of likely N-dealkylation sites (N-methyl/N-ethyl adjacent to an activating group) is 1. The first-order valence-corrected chi connectivity index (χ1v) is 12.8. The molecule has 9 nitrogen and oxygen atoms in total. The van der Waals surface area contributed by atoms with E-state index in [2.05, 4.69) is 10.4 Å². The second kappa shape index (κ2) is 12.4. The zero-order valence-electron chi connectivity index (χ0n) is 22.4. The Bertz CT molecular complexity index is 1030. The maximum absolute atomic E-state index is 13.1. The predicted octanol–water partition coefficient (Wildman–Crippen LogP) is 2.38. The van der Waals surface area contributed by atoms with Gasteiger partial charge in [0.1, 0.15) is 18.4 Å². The van der Waals surface area contributed by atoms with Gasteiger partial charge < -0.3 is 25.0 Å². The summed E-state index contributed by atoms with van der Waals surface area (Å²) in [6, 6.07) is 7.24. The number of amides is 2. The second-order valence-electron chi connectivity index (χ2n) is 10.2. The van der Waals surface area contributed by atoms with Crippen molar-refractivity contribution < 1.29 is 19.4 Å². The number of aryl methyl sites for hydroxylation is 1. The minimum atomic E-state index is -0.698. The fraction of sp³-hybridized carbons (Fsp3) is 0.593. The zero-order chi connectivity index (χ0) is 26.4. The fourth-order valence-corrected chi connectivity index (χ4v) is 4.32. The highest BCUT2D eigenvalue weighted by Crippen LogP contribution is 2.28. The van der Waals surface area contributed by atoms with Gasteiger partial charge in [-0.2, -0.15) is 5.10 Å². The molecule has 3 unspecified atom stereocenters. The summed E-state index contributed by atoms with van der Waals surface area (Å²) in [6.45, 7) is 10.4. The fourth-order valence-electron chi connectivity index (χ4n) is 4.32. The standard InChI is InChI=1S/C27H41N5O4/c1-7-32-23(10-11-29-32)20-8-9-21(25(14-20)36-13-12-30(5)6)16-28-26(34)24-15-22(33)17-31(24)27(35)19(4)18(2)3/h8-11,14,18-19,22,24,33H,7,12-13,15-17H2,1-6H3,(H,28,34). The molecule has 0 radical (unpaired) electrons. The molecule has 2 aromatic rings. The third-order valence-electron chi connectivity index (χ3n) is 6.88. The van der Waals surface area contributed by atoms with Crippen molar-refractivity contribution in [2.75, 3.05) is 33.8 Å². The lowest BCUT2D eigenvalue weighted by molar-refractivity contribution is -0.142. The molecule has 3 rings (SSSR count). The number of aromatic nitrogens is 2. The normalized spacial score (nSPS) is 18.6. The molecule has 0 spiro atoms. The smallest absolute Gasteiger partial charge is 0.243 e. The Labute approximate surface area is 214 Å². The summed E-state index contributed by atoms with van der Waals surface area (Å²) in [4.78, 5) is 29.7. The Morgan fingerprint density at radius 2 is 2.00 bits per heavy atom. The summed E-state index contributed by atoms with van der Waals surface area (Å²) in [5.41, 5.74) is 2.84. The molecule has 0 aliphatic carbocycles. The number of nitrogens with zero attached hydrogens (tertiary/aromatic N) is 4. The van der Waals surface area contributed by atoms with Crippen LogP contribution in [0.5, 0.6) is 5.75 Å². The zero-order valence-corrected chi connectivity index (χ0v) is 22.4. The molecule has 1 aliphatic rings. The number of carbonyl (C=O) groups excluding carboxylic acids is 2. The second-order valence-corrected chi connectivity index (χ2v) is 10.2. The van der Waals surface area contributed by atoms with Gasteiger partial charge in [-0.1, -0.05) is 32.9 Å². The average Bonchev–Trinajstić information content (AvgIpc) is 3.48. The van der Waals surface area contributed by atoms with Crippen LogP contribution >= 0.6 is 0 Å². The van der Waals surface area contributed by atoms with E-state index < -0.39 is 12.1 Å². The van der Waals surface area contributed by atoms with Crippen molar-refractivity contribution in [3.8, 4) is 17.0 Å². The van der Waals surface area contributed by atoms with Crippen LogP contribution in [-0.4, -0.2) is 82.4 Å². The van der Waals surface area contributed by atoms with E-state index in [4.69, 9.17) is 4.74 Å². The average molecular weight is 500 g/mol. The van der Waals surface area contributed by atoms with Crippen LogP contribution in [-0.2, 0) is 22.7 Å². The van der Waals surface area contributed by atoms with Crippen molar-refractivity contribution in [2.24, 2.45) is 11.8 Å². The molecule has 3 atom stereocenters. The van der Waals surface area contributed by atoms with Gasteiger partial charge in [0.15, 0.2) is 0 Å². The molecule has 2 amide bonds. The third-order valence-corrected chi connectivity index (χ3v) is 6.88. The van der Waals surface area contributed by atoms with Gasteiger partial charge in [-0.3, -0.25) is 14.3 Å². The van der Waals surface area contributed by atoms with Gasteiger partial charge in [0.05, 0.1) is 11.8 Å². The first kappa shape index (κ1) is 27.7.